The van der Waals surface area contributed by atoms with E-state index in [4.69, 9.17) is 24.2 Å². The molecule has 1 heterocycles. The third kappa shape index (κ3) is 14.3. The van der Waals surface area contributed by atoms with Gasteiger partial charge in [0.15, 0.2) is 0 Å². The molecule has 6 atom stereocenters. The van der Waals surface area contributed by atoms with E-state index in [0.717, 1.165) is 91.9 Å². The molecule has 0 radical (unpaired) electrons. The number of benzene rings is 2. The van der Waals surface area contributed by atoms with E-state index in [2.05, 4.69) is 61.7 Å². The van der Waals surface area contributed by atoms with Gasteiger partial charge in [-0.25, -0.2) is 0 Å². The lowest BCUT2D eigenvalue weighted by atomic mass is 9.55. The lowest BCUT2D eigenvalue weighted by molar-refractivity contribution is -0.257. The van der Waals surface area contributed by atoms with Crippen LogP contribution in [0.15, 0.2) is 82.9 Å². The molecule has 9 nitrogen and oxygen atoms in total. The van der Waals surface area contributed by atoms with Crippen molar-refractivity contribution in [1.82, 2.24) is 4.90 Å². The van der Waals surface area contributed by atoms with E-state index < -0.39 is 17.4 Å². The summed E-state index contributed by atoms with van der Waals surface area (Å²) in [6.45, 7) is 16.2. The number of amides is 1. The molecular weight excluding hydrogens is 821 g/mol. The first kappa shape index (κ1) is 51.7. The lowest BCUT2D eigenvalue weighted by Gasteiger charge is -2.60. The number of unbranched alkanes of at least 4 members (excludes halogenated alkanes) is 10. The smallest absolute Gasteiger partial charge is 0.239 e. The Morgan fingerprint density at radius 1 is 0.922 bits per heavy atom. The Labute approximate surface area is 390 Å². The highest BCUT2D eigenvalue weighted by atomic mass is 32.2. The number of thioether (sulfide) groups is 1. The SMILES string of the molecule is C=CCO[C@@]12Oc3ccc(OCCSc4ccccc4)cc3[C@H]3[C@H](CCCCO)[C@@H](CCCCO)C=C(C(=NOC(C)(C)C)C[C@@H]1N(CCC)C(=O)CCCCCCCCCCC)[C@H]32. The van der Waals surface area contributed by atoms with Gasteiger partial charge in [0.05, 0.1) is 24.8 Å². The van der Waals surface area contributed by atoms with E-state index in [1.807, 2.05) is 39.0 Å². The van der Waals surface area contributed by atoms with Crippen molar-refractivity contribution in [1.29, 1.82) is 0 Å². The molecule has 5 rings (SSSR count). The molecule has 2 aromatic carbocycles. The predicted molar refractivity (Wildman–Crippen MR) is 262 cm³/mol. The summed E-state index contributed by atoms with van der Waals surface area (Å²) in [6, 6.07) is 16.1. The number of aliphatic hydroxyl groups is 2. The summed E-state index contributed by atoms with van der Waals surface area (Å²) < 4.78 is 21.1. The number of ether oxygens (including phenoxy) is 3. The Bertz CT molecular complexity index is 1760. The molecule has 3 aliphatic rings. The van der Waals surface area contributed by atoms with Crippen LogP contribution in [0.3, 0.4) is 0 Å². The van der Waals surface area contributed by atoms with Gasteiger partial charge in [0.2, 0.25) is 11.7 Å². The van der Waals surface area contributed by atoms with Gasteiger partial charge >= 0.3 is 0 Å². The van der Waals surface area contributed by atoms with Crippen molar-refractivity contribution >= 4 is 23.4 Å². The van der Waals surface area contributed by atoms with Crippen LogP contribution in [-0.4, -0.2) is 82.9 Å². The molecule has 356 valence electrons. The zero-order valence-corrected chi connectivity index (χ0v) is 40.9. The van der Waals surface area contributed by atoms with Crippen molar-refractivity contribution in [2.24, 2.45) is 22.9 Å². The van der Waals surface area contributed by atoms with Gasteiger partial charge in [-0.3, -0.25) is 4.79 Å². The summed E-state index contributed by atoms with van der Waals surface area (Å²) in [5, 5.41) is 25.0. The molecule has 2 N–H and O–H groups in total. The van der Waals surface area contributed by atoms with Crippen LogP contribution in [0, 0.1) is 17.8 Å². The summed E-state index contributed by atoms with van der Waals surface area (Å²) in [5.74, 6) is 1.11. The number of carbonyl (C=O) groups is 1. The molecule has 10 heteroatoms. The average molecular weight is 903 g/mol. The van der Waals surface area contributed by atoms with Crippen molar-refractivity contribution in [2.75, 3.05) is 38.7 Å². The van der Waals surface area contributed by atoms with Gasteiger partial charge in [-0.1, -0.05) is 114 Å². The first-order valence-electron chi connectivity index (χ1n) is 25.0. The van der Waals surface area contributed by atoms with Crippen molar-refractivity contribution in [2.45, 2.75) is 178 Å². The van der Waals surface area contributed by atoms with Crippen molar-refractivity contribution in [3.05, 3.63) is 78.4 Å². The van der Waals surface area contributed by atoms with Crippen LogP contribution >= 0.6 is 11.8 Å². The van der Waals surface area contributed by atoms with Crippen LogP contribution < -0.4 is 9.47 Å². The van der Waals surface area contributed by atoms with Gasteiger partial charge < -0.3 is 34.2 Å². The van der Waals surface area contributed by atoms with Crippen molar-refractivity contribution in [3.63, 3.8) is 0 Å². The van der Waals surface area contributed by atoms with Crippen LogP contribution in [0.25, 0.3) is 0 Å². The predicted octanol–water partition coefficient (Wildman–Crippen LogP) is 12.4. The Kier molecular flexibility index (Phi) is 21.6. The van der Waals surface area contributed by atoms with Gasteiger partial charge in [0, 0.05) is 54.7 Å². The Morgan fingerprint density at radius 2 is 1.62 bits per heavy atom. The maximum absolute atomic E-state index is 14.8. The molecule has 2 aliphatic carbocycles. The summed E-state index contributed by atoms with van der Waals surface area (Å²) >= 11 is 1.78. The van der Waals surface area contributed by atoms with E-state index in [1.54, 1.807) is 17.8 Å². The first-order valence-corrected chi connectivity index (χ1v) is 26.0. The summed E-state index contributed by atoms with van der Waals surface area (Å²) in [7, 11) is 0. The number of aliphatic hydroxyl groups excluding tert-OH is 2. The molecule has 0 bridgehead atoms. The normalized spacial score (nSPS) is 23.1. The largest absolute Gasteiger partial charge is 0.493 e. The zero-order valence-electron chi connectivity index (χ0n) is 40.1. The molecule has 1 fully saturated rings. The molecule has 0 aromatic heterocycles. The third-order valence-corrected chi connectivity index (χ3v) is 14.1. The minimum atomic E-state index is -1.25. The summed E-state index contributed by atoms with van der Waals surface area (Å²) in [6.07, 6.45) is 21.6. The number of oxime groups is 1. The molecule has 0 spiro atoms. The highest BCUT2D eigenvalue weighted by Gasteiger charge is 2.65. The van der Waals surface area contributed by atoms with Crippen LogP contribution in [0.5, 0.6) is 11.5 Å². The second-order valence-electron chi connectivity index (χ2n) is 19.2. The summed E-state index contributed by atoms with van der Waals surface area (Å²) in [5.41, 5.74) is 2.43. The second kappa shape index (κ2) is 26.7. The fourth-order valence-electron chi connectivity index (χ4n) is 10.2. The molecule has 1 amide bonds. The molecular formula is C54H82N2O7S. The Balaban J connectivity index is 1.60. The number of rotatable bonds is 30. The molecule has 0 unspecified atom stereocenters. The number of hydrogen-bond acceptors (Lipinski definition) is 9. The number of hydrogen-bond donors (Lipinski definition) is 2. The average Bonchev–Trinajstić information content (AvgIpc) is 3.29. The quantitative estimate of drug-likeness (QED) is 0.0345. The standard InChI is InChI=1S/C54H82N2O7S/c1-7-10-11-12-13-14-15-16-20-29-50(59)56(32-8-2)49-40-47(55-63-53(4,5)6)45-38-41(25-21-23-33-57)44(28-22-24-34-58)51-46-39-42(60-36-37-64-43-26-18-17-19-27-43)30-31-48(46)62-54(49,52(45)51)61-35-9-3/h9,17-19,26-27,30-31,38-39,41,44,49,51-52,57-58H,3,7-8,10-16,20-25,28-29,32-37,40H2,1-2,4-6H3/t41-,44+,49-,51+,52+,54+/m0/s1. The maximum Gasteiger partial charge on any atom is 0.239 e. The van der Waals surface area contributed by atoms with Gasteiger partial charge in [0.25, 0.3) is 0 Å². The minimum Gasteiger partial charge on any atom is -0.493 e. The number of allylic oxidation sites excluding steroid dienone is 1. The fourth-order valence-corrected chi connectivity index (χ4v) is 10.9. The highest BCUT2D eigenvalue weighted by molar-refractivity contribution is 7.99. The molecule has 1 aliphatic heterocycles. The van der Waals surface area contributed by atoms with Crippen LogP contribution in [0.1, 0.15) is 162 Å². The molecule has 1 saturated carbocycles. The topological polar surface area (TPSA) is 110 Å². The Morgan fingerprint density at radius 3 is 2.30 bits per heavy atom. The van der Waals surface area contributed by atoms with E-state index in [-0.39, 0.29) is 49.4 Å². The van der Waals surface area contributed by atoms with Crippen LogP contribution in [-0.2, 0) is 14.4 Å². The molecule has 64 heavy (non-hydrogen) atoms. The first-order chi connectivity index (χ1) is 31.1. The second-order valence-corrected chi connectivity index (χ2v) is 20.3. The van der Waals surface area contributed by atoms with Gasteiger partial charge in [-0.05, 0) is 107 Å². The van der Waals surface area contributed by atoms with E-state index in [9.17, 15) is 15.0 Å². The lowest BCUT2D eigenvalue weighted by Crippen LogP contribution is -2.70. The van der Waals surface area contributed by atoms with E-state index >= 15 is 0 Å². The molecule has 0 saturated heterocycles. The van der Waals surface area contributed by atoms with Gasteiger partial charge in [-0.2, -0.15) is 0 Å². The van der Waals surface area contributed by atoms with E-state index in [0.29, 0.717) is 32.4 Å². The number of carbonyl (C=O) groups excluding carboxylic acids is 1. The van der Waals surface area contributed by atoms with Gasteiger partial charge in [-0.15, -0.1) is 18.3 Å². The minimum absolute atomic E-state index is 0.0906. The maximum atomic E-state index is 14.8. The molecule has 2 aromatic rings. The monoisotopic (exact) mass is 903 g/mol. The van der Waals surface area contributed by atoms with Crippen molar-refractivity contribution < 1.29 is 34.1 Å². The number of fused-ring (bicyclic) bond motifs is 2. The third-order valence-electron chi connectivity index (χ3n) is 13.1. The van der Waals surface area contributed by atoms with Crippen LogP contribution in [0.4, 0.5) is 0 Å². The van der Waals surface area contributed by atoms with Crippen LogP contribution in [0.2, 0.25) is 0 Å². The zero-order chi connectivity index (χ0) is 45.8. The number of nitrogens with zero attached hydrogens (tertiary/aromatic N) is 2. The highest BCUT2D eigenvalue weighted by Crippen LogP contribution is 2.62. The van der Waals surface area contributed by atoms with Gasteiger partial charge in [0.1, 0.15) is 23.1 Å². The summed E-state index contributed by atoms with van der Waals surface area (Å²) in [4.78, 5) is 24.4. The van der Waals surface area contributed by atoms with E-state index in [1.165, 1.54) is 43.4 Å². The Hall–Kier alpha value is -3.31. The fraction of sp³-hybridized carbons (Fsp3) is 0.667. The van der Waals surface area contributed by atoms with Crippen molar-refractivity contribution in [3.8, 4) is 11.5 Å².